The minimum atomic E-state index is -0.813. The molecule has 0 aromatic heterocycles. The molecule has 0 bridgehead atoms. The van der Waals surface area contributed by atoms with E-state index in [-0.39, 0.29) is 23.8 Å². The maximum Gasteiger partial charge on any atom is 0.342 e. The van der Waals surface area contributed by atoms with Crippen molar-refractivity contribution in [1.82, 2.24) is 4.90 Å². The summed E-state index contributed by atoms with van der Waals surface area (Å²) in [4.78, 5) is 36.7. The van der Waals surface area contributed by atoms with Crippen LogP contribution >= 0.6 is 0 Å². The second-order valence-corrected chi connectivity index (χ2v) is 5.54. The third-order valence-electron chi connectivity index (χ3n) is 3.93. The molecule has 0 radical (unpaired) electrons. The van der Waals surface area contributed by atoms with E-state index in [0.29, 0.717) is 25.1 Å². The number of hydrogen-bond donors (Lipinski definition) is 2. The SMILES string of the molecule is COc1ccc(C(=O)OCC(=O)N2CCC[C@@H](C(N)=O)C2)c(O)c1. The summed E-state index contributed by atoms with van der Waals surface area (Å²) in [6.07, 6.45) is 1.32. The molecule has 0 aliphatic carbocycles. The average molecular weight is 336 g/mol. The van der Waals surface area contributed by atoms with Crippen LogP contribution < -0.4 is 10.5 Å². The molecule has 0 spiro atoms. The number of methoxy groups -OCH3 is 1. The van der Waals surface area contributed by atoms with Gasteiger partial charge in [-0.1, -0.05) is 0 Å². The molecule has 1 fully saturated rings. The van der Waals surface area contributed by atoms with Crippen molar-refractivity contribution in [2.45, 2.75) is 12.8 Å². The highest BCUT2D eigenvalue weighted by molar-refractivity contribution is 5.94. The lowest BCUT2D eigenvalue weighted by molar-refractivity contribution is -0.137. The number of nitrogens with zero attached hydrogens (tertiary/aromatic N) is 1. The fourth-order valence-electron chi connectivity index (χ4n) is 2.54. The Morgan fingerprint density at radius 2 is 2.12 bits per heavy atom. The third kappa shape index (κ3) is 4.15. The lowest BCUT2D eigenvalue weighted by Crippen LogP contribution is -2.45. The van der Waals surface area contributed by atoms with Crippen molar-refractivity contribution in [3.05, 3.63) is 23.8 Å². The third-order valence-corrected chi connectivity index (χ3v) is 3.93. The van der Waals surface area contributed by atoms with Gasteiger partial charge in [0, 0.05) is 19.2 Å². The number of aromatic hydroxyl groups is 1. The van der Waals surface area contributed by atoms with E-state index in [4.69, 9.17) is 15.2 Å². The van der Waals surface area contributed by atoms with Crippen LogP contribution in [0.5, 0.6) is 11.5 Å². The average Bonchev–Trinajstić information content (AvgIpc) is 2.59. The summed E-state index contributed by atoms with van der Waals surface area (Å²) < 4.78 is 9.87. The number of piperidine rings is 1. The second kappa shape index (κ2) is 7.67. The van der Waals surface area contributed by atoms with Gasteiger partial charge in [-0.3, -0.25) is 9.59 Å². The molecule has 0 saturated carbocycles. The Hall–Kier alpha value is -2.77. The van der Waals surface area contributed by atoms with Crippen LogP contribution in [0.3, 0.4) is 0 Å². The minimum Gasteiger partial charge on any atom is -0.507 e. The first-order valence-electron chi connectivity index (χ1n) is 7.53. The smallest absolute Gasteiger partial charge is 0.342 e. The molecule has 2 amide bonds. The molecule has 1 heterocycles. The van der Waals surface area contributed by atoms with Crippen molar-refractivity contribution >= 4 is 17.8 Å². The molecule has 1 aromatic carbocycles. The van der Waals surface area contributed by atoms with E-state index in [1.54, 1.807) is 0 Å². The second-order valence-electron chi connectivity index (χ2n) is 5.54. The van der Waals surface area contributed by atoms with Crippen LogP contribution in [0.25, 0.3) is 0 Å². The number of phenolic OH excluding ortho intramolecular Hbond substituents is 1. The Labute approximate surface area is 139 Å². The first kappa shape index (κ1) is 17.6. The lowest BCUT2D eigenvalue weighted by Gasteiger charge is -2.31. The van der Waals surface area contributed by atoms with Gasteiger partial charge < -0.3 is 25.2 Å². The number of ether oxygens (including phenoxy) is 2. The van der Waals surface area contributed by atoms with Crippen LogP contribution in [0, 0.1) is 5.92 Å². The van der Waals surface area contributed by atoms with Gasteiger partial charge in [0.2, 0.25) is 5.91 Å². The van der Waals surface area contributed by atoms with Crippen molar-refractivity contribution in [3.8, 4) is 11.5 Å². The normalized spacial score (nSPS) is 17.2. The monoisotopic (exact) mass is 336 g/mol. The zero-order valence-electron chi connectivity index (χ0n) is 13.4. The zero-order chi connectivity index (χ0) is 17.7. The van der Waals surface area contributed by atoms with Crippen LogP contribution in [0.1, 0.15) is 23.2 Å². The van der Waals surface area contributed by atoms with Gasteiger partial charge in [-0.05, 0) is 25.0 Å². The molecule has 2 rings (SSSR count). The molecule has 1 aromatic rings. The first-order valence-corrected chi connectivity index (χ1v) is 7.53. The molecular formula is C16H20N2O6. The van der Waals surface area contributed by atoms with E-state index < -0.39 is 24.4 Å². The molecule has 8 heteroatoms. The summed E-state index contributed by atoms with van der Waals surface area (Å²) in [7, 11) is 1.43. The highest BCUT2D eigenvalue weighted by Gasteiger charge is 2.27. The number of benzene rings is 1. The van der Waals surface area contributed by atoms with Crippen LogP contribution in [-0.2, 0) is 14.3 Å². The largest absolute Gasteiger partial charge is 0.507 e. The van der Waals surface area contributed by atoms with Gasteiger partial charge in [-0.2, -0.15) is 0 Å². The predicted octanol–water partition coefficient (Wildman–Crippen LogP) is 0.281. The Morgan fingerprint density at radius 3 is 2.75 bits per heavy atom. The van der Waals surface area contributed by atoms with E-state index in [1.807, 2.05) is 0 Å². The molecule has 130 valence electrons. The van der Waals surface area contributed by atoms with Gasteiger partial charge >= 0.3 is 5.97 Å². The van der Waals surface area contributed by atoms with E-state index >= 15 is 0 Å². The van der Waals surface area contributed by atoms with Gasteiger partial charge in [-0.25, -0.2) is 4.79 Å². The maximum atomic E-state index is 12.1. The number of likely N-dealkylation sites (tertiary alicyclic amines) is 1. The number of carbonyl (C=O) groups is 3. The van der Waals surface area contributed by atoms with E-state index in [9.17, 15) is 19.5 Å². The van der Waals surface area contributed by atoms with Gasteiger partial charge in [0.1, 0.15) is 17.1 Å². The Balaban J connectivity index is 1.91. The van der Waals surface area contributed by atoms with E-state index in [2.05, 4.69) is 0 Å². The summed E-state index contributed by atoms with van der Waals surface area (Å²) >= 11 is 0. The van der Waals surface area contributed by atoms with Crippen molar-refractivity contribution in [1.29, 1.82) is 0 Å². The molecule has 1 aliphatic rings. The summed E-state index contributed by atoms with van der Waals surface area (Å²) in [6.45, 7) is 0.267. The molecule has 8 nitrogen and oxygen atoms in total. The Bertz CT molecular complexity index is 645. The molecule has 1 atom stereocenters. The number of rotatable bonds is 5. The number of esters is 1. The van der Waals surface area contributed by atoms with Crippen LogP contribution in [0.2, 0.25) is 0 Å². The number of nitrogens with two attached hydrogens (primary N) is 1. The molecular weight excluding hydrogens is 316 g/mol. The van der Waals surface area contributed by atoms with Gasteiger partial charge in [0.05, 0.1) is 13.0 Å². The number of primary amides is 1. The molecule has 3 N–H and O–H groups in total. The maximum absolute atomic E-state index is 12.1. The summed E-state index contributed by atoms with van der Waals surface area (Å²) in [5, 5.41) is 9.78. The highest BCUT2D eigenvalue weighted by Crippen LogP contribution is 2.24. The number of phenols is 1. The fraction of sp³-hybridized carbons (Fsp3) is 0.438. The van der Waals surface area contributed by atoms with E-state index in [1.165, 1.54) is 30.2 Å². The van der Waals surface area contributed by atoms with Gasteiger partial charge in [0.25, 0.3) is 5.91 Å². The molecule has 1 saturated heterocycles. The lowest BCUT2D eigenvalue weighted by atomic mass is 9.97. The Morgan fingerprint density at radius 1 is 1.38 bits per heavy atom. The summed E-state index contributed by atoms with van der Waals surface area (Å²) in [5.74, 6) is -1.92. The number of amides is 2. The minimum absolute atomic E-state index is 0.0581. The van der Waals surface area contributed by atoms with Crippen LogP contribution in [-0.4, -0.2) is 54.6 Å². The zero-order valence-corrected chi connectivity index (χ0v) is 13.4. The molecule has 1 aliphatic heterocycles. The number of hydrogen-bond acceptors (Lipinski definition) is 6. The Kier molecular flexibility index (Phi) is 5.62. The topological polar surface area (TPSA) is 119 Å². The fourth-order valence-corrected chi connectivity index (χ4v) is 2.54. The van der Waals surface area contributed by atoms with Crippen molar-refractivity contribution < 1.29 is 29.0 Å². The standard InChI is InChI=1S/C16H20N2O6/c1-23-11-4-5-12(13(19)7-11)16(22)24-9-14(20)18-6-2-3-10(8-18)15(17)21/h4-5,7,10,19H,2-3,6,8-9H2,1H3,(H2,17,21)/t10-/m1/s1. The quantitative estimate of drug-likeness (QED) is 0.746. The predicted molar refractivity (Wildman–Crippen MR) is 83.4 cm³/mol. The molecule has 24 heavy (non-hydrogen) atoms. The summed E-state index contributed by atoms with van der Waals surface area (Å²) in [6, 6.07) is 4.13. The molecule has 0 unspecified atom stereocenters. The van der Waals surface area contributed by atoms with Crippen molar-refractivity contribution in [2.24, 2.45) is 11.7 Å². The van der Waals surface area contributed by atoms with Crippen molar-refractivity contribution in [2.75, 3.05) is 26.8 Å². The van der Waals surface area contributed by atoms with Gasteiger partial charge in [-0.15, -0.1) is 0 Å². The van der Waals surface area contributed by atoms with E-state index in [0.717, 1.165) is 0 Å². The highest BCUT2D eigenvalue weighted by atomic mass is 16.5. The van der Waals surface area contributed by atoms with Crippen LogP contribution in [0.4, 0.5) is 0 Å². The first-order chi connectivity index (χ1) is 11.4. The number of carbonyl (C=O) groups excluding carboxylic acids is 3. The summed E-state index contributed by atoms with van der Waals surface area (Å²) in [5.41, 5.74) is 5.21. The van der Waals surface area contributed by atoms with Gasteiger partial charge in [0.15, 0.2) is 6.61 Å². The van der Waals surface area contributed by atoms with Crippen LogP contribution in [0.15, 0.2) is 18.2 Å². The van der Waals surface area contributed by atoms with Crippen molar-refractivity contribution in [3.63, 3.8) is 0 Å².